The highest BCUT2D eigenvalue weighted by molar-refractivity contribution is 7.89. The van der Waals surface area contributed by atoms with Crippen LogP contribution in [0.15, 0.2) is 23.1 Å². The van der Waals surface area contributed by atoms with Gasteiger partial charge in [0.2, 0.25) is 10.0 Å². The van der Waals surface area contributed by atoms with Gasteiger partial charge in [0.05, 0.1) is 6.61 Å². The van der Waals surface area contributed by atoms with E-state index < -0.39 is 15.8 Å². The summed E-state index contributed by atoms with van der Waals surface area (Å²) in [6.45, 7) is 5.37. The summed E-state index contributed by atoms with van der Waals surface area (Å²) in [5, 5.41) is 8.91. The number of hydrogen-bond acceptors (Lipinski definition) is 3. The Morgan fingerprint density at radius 3 is 2.42 bits per heavy atom. The average molecular weight is 289 g/mol. The van der Waals surface area contributed by atoms with Gasteiger partial charge >= 0.3 is 0 Å². The molecule has 0 spiro atoms. The number of sulfonamides is 1. The molecule has 19 heavy (non-hydrogen) atoms. The first-order valence-corrected chi connectivity index (χ1v) is 7.73. The van der Waals surface area contributed by atoms with Gasteiger partial charge in [-0.05, 0) is 31.0 Å². The standard InChI is InChI=1S/C13H20FNO3S/c1-4-10(3)15(5-2)19(17,18)13-7-6-11(9-16)8-12(13)14/h6-8,10,16H,4-5,9H2,1-3H3. The minimum atomic E-state index is -3.84. The minimum Gasteiger partial charge on any atom is -0.392 e. The van der Waals surface area contributed by atoms with Crippen molar-refractivity contribution in [1.29, 1.82) is 0 Å². The zero-order chi connectivity index (χ0) is 14.6. The van der Waals surface area contributed by atoms with E-state index in [-0.39, 0.29) is 17.5 Å². The van der Waals surface area contributed by atoms with Crippen LogP contribution in [-0.4, -0.2) is 30.4 Å². The monoisotopic (exact) mass is 289 g/mol. The lowest BCUT2D eigenvalue weighted by atomic mass is 10.2. The van der Waals surface area contributed by atoms with Gasteiger partial charge in [0.15, 0.2) is 0 Å². The molecule has 0 saturated carbocycles. The molecule has 0 bridgehead atoms. The Morgan fingerprint density at radius 1 is 1.37 bits per heavy atom. The molecule has 1 N–H and O–H groups in total. The highest BCUT2D eigenvalue weighted by Crippen LogP contribution is 2.23. The smallest absolute Gasteiger partial charge is 0.246 e. The third-order valence-electron chi connectivity index (χ3n) is 3.16. The maximum absolute atomic E-state index is 13.9. The van der Waals surface area contributed by atoms with Crippen molar-refractivity contribution >= 4 is 10.0 Å². The van der Waals surface area contributed by atoms with Gasteiger partial charge in [0.25, 0.3) is 0 Å². The predicted molar refractivity (Wildman–Crippen MR) is 71.6 cm³/mol. The van der Waals surface area contributed by atoms with Crippen LogP contribution in [0.2, 0.25) is 0 Å². The fraction of sp³-hybridized carbons (Fsp3) is 0.538. The third kappa shape index (κ3) is 3.32. The van der Waals surface area contributed by atoms with Crippen molar-refractivity contribution in [3.05, 3.63) is 29.6 Å². The second kappa shape index (κ2) is 6.45. The van der Waals surface area contributed by atoms with E-state index in [9.17, 15) is 12.8 Å². The van der Waals surface area contributed by atoms with Gasteiger partial charge in [-0.2, -0.15) is 4.31 Å². The molecule has 0 heterocycles. The van der Waals surface area contributed by atoms with Crippen molar-refractivity contribution in [2.75, 3.05) is 6.54 Å². The molecule has 1 unspecified atom stereocenters. The van der Waals surface area contributed by atoms with E-state index in [4.69, 9.17) is 5.11 Å². The summed E-state index contributed by atoms with van der Waals surface area (Å²) >= 11 is 0. The first kappa shape index (κ1) is 16.1. The second-order valence-corrected chi connectivity index (χ2v) is 6.25. The average Bonchev–Trinajstić information content (AvgIpc) is 2.38. The Balaban J connectivity index is 3.26. The molecule has 0 fully saturated rings. The zero-order valence-electron chi connectivity index (χ0n) is 11.4. The summed E-state index contributed by atoms with van der Waals surface area (Å²) in [6.07, 6.45) is 0.656. The lowest BCUT2D eigenvalue weighted by Crippen LogP contribution is -2.38. The number of rotatable bonds is 6. The van der Waals surface area contributed by atoms with Crippen LogP contribution in [0.1, 0.15) is 32.8 Å². The fourth-order valence-corrected chi connectivity index (χ4v) is 3.66. The van der Waals surface area contributed by atoms with Crippen molar-refractivity contribution in [1.82, 2.24) is 4.31 Å². The topological polar surface area (TPSA) is 57.6 Å². The van der Waals surface area contributed by atoms with Gasteiger partial charge in [0.1, 0.15) is 10.7 Å². The molecule has 1 atom stereocenters. The molecule has 0 aliphatic carbocycles. The van der Waals surface area contributed by atoms with E-state index in [1.165, 1.54) is 16.4 Å². The number of nitrogens with zero attached hydrogens (tertiary/aromatic N) is 1. The molecule has 1 rings (SSSR count). The summed E-state index contributed by atoms with van der Waals surface area (Å²) in [5.74, 6) is -0.826. The van der Waals surface area contributed by atoms with Crippen molar-refractivity contribution in [2.45, 2.75) is 44.7 Å². The van der Waals surface area contributed by atoms with Gasteiger partial charge in [-0.15, -0.1) is 0 Å². The molecule has 0 aliphatic rings. The highest BCUT2D eigenvalue weighted by Gasteiger charge is 2.29. The molecule has 0 aromatic heterocycles. The number of hydrogen-bond donors (Lipinski definition) is 1. The lowest BCUT2D eigenvalue weighted by Gasteiger charge is -2.26. The number of halogens is 1. The Kier molecular flexibility index (Phi) is 5.46. The fourth-order valence-electron chi connectivity index (χ4n) is 1.90. The summed E-state index contributed by atoms with van der Waals surface area (Å²) in [7, 11) is -3.84. The van der Waals surface area contributed by atoms with Crippen molar-refractivity contribution < 1.29 is 17.9 Å². The van der Waals surface area contributed by atoms with Crippen LogP contribution >= 0.6 is 0 Å². The van der Waals surface area contributed by atoms with Gasteiger partial charge in [0, 0.05) is 12.6 Å². The maximum atomic E-state index is 13.9. The molecule has 0 saturated heterocycles. The first-order chi connectivity index (χ1) is 8.88. The molecule has 0 aliphatic heterocycles. The summed E-state index contributed by atoms with van der Waals surface area (Å²) in [5.41, 5.74) is 0.350. The molecule has 0 radical (unpaired) electrons. The van der Waals surface area contributed by atoms with Crippen molar-refractivity contribution in [3.63, 3.8) is 0 Å². The maximum Gasteiger partial charge on any atom is 0.246 e. The van der Waals surface area contributed by atoms with Crippen LogP contribution < -0.4 is 0 Å². The van der Waals surface area contributed by atoms with E-state index in [1.807, 2.05) is 6.92 Å². The molecule has 0 amide bonds. The van der Waals surface area contributed by atoms with Crippen LogP contribution in [-0.2, 0) is 16.6 Å². The summed E-state index contributed by atoms with van der Waals surface area (Å²) in [6, 6.07) is 3.49. The van der Waals surface area contributed by atoms with Crippen LogP contribution in [0.25, 0.3) is 0 Å². The van der Waals surface area contributed by atoms with Gasteiger partial charge in [-0.3, -0.25) is 0 Å². The van der Waals surface area contributed by atoms with Gasteiger partial charge in [-0.1, -0.05) is 19.9 Å². The van der Waals surface area contributed by atoms with E-state index in [1.54, 1.807) is 13.8 Å². The SMILES string of the molecule is CCC(C)N(CC)S(=O)(=O)c1ccc(CO)cc1F. The first-order valence-electron chi connectivity index (χ1n) is 6.29. The molecule has 1 aromatic rings. The van der Waals surface area contributed by atoms with Crippen LogP contribution in [0.5, 0.6) is 0 Å². The molecule has 6 heteroatoms. The Bertz CT molecular complexity index is 531. The molecule has 108 valence electrons. The summed E-state index contributed by atoms with van der Waals surface area (Å²) < 4.78 is 40.0. The van der Waals surface area contributed by atoms with E-state index in [0.29, 0.717) is 18.5 Å². The molecular weight excluding hydrogens is 269 g/mol. The van der Waals surface area contributed by atoms with Crippen molar-refractivity contribution in [3.8, 4) is 0 Å². The number of benzene rings is 1. The largest absolute Gasteiger partial charge is 0.392 e. The Labute approximate surface area is 113 Å². The van der Waals surface area contributed by atoms with Crippen LogP contribution in [0.4, 0.5) is 4.39 Å². The van der Waals surface area contributed by atoms with Gasteiger partial charge in [-0.25, -0.2) is 12.8 Å². The Morgan fingerprint density at radius 2 is 2.00 bits per heavy atom. The number of aliphatic hydroxyl groups excluding tert-OH is 1. The van der Waals surface area contributed by atoms with Crippen molar-refractivity contribution in [2.24, 2.45) is 0 Å². The predicted octanol–water partition coefficient (Wildman–Crippen LogP) is 2.13. The van der Waals surface area contributed by atoms with Crippen LogP contribution in [0.3, 0.4) is 0 Å². The summed E-state index contributed by atoms with van der Waals surface area (Å²) in [4.78, 5) is -0.341. The highest BCUT2D eigenvalue weighted by atomic mass is 32.2. The molecule has 1 aromatic carbocycles. The zero-order valence-corrected chi connectivity index (χ0v) is 12.2. The second-order valence-electron chi connectivity index (χ2n) is 4.39. The number of aliphatic hydroxyl groups is 1. The van der Waals surface area contributed by atoms with Gasteiger partial charge < -0.3 is 5.11 Å². The van der Waals surface area contributed by atoms with E-state index in [2.05, 4.69) is 0 Å². The lowest BCUT2D eigenvalue weighted by molar-refractivity contribution is 0.281. The normalized spacial score (nSPS) is 13.8. The minimum absolute atomic E-state index is 0.188. The third-order valence-corrected chi connectivity index (χ3v) is 5.28. The Hall–Kier alpha value is -0.980. The molecular formula is C13H20FNO3S. The van der Waals surface area contributed by atoms with Crippen LogP contribution in [0, 0.1) is 5.82 Å². The molecule has 4 nitrogen and oxygen atoms in total. The quantitative estimate of drug-likeness (QED) is 0.872. The van der Waals surface area contributed by atoms with E-state index in [0.717, 1.165) is 6.07 Å². The van der Waals surface area contributed by atoms with E-state index >= 15 is 0 Å².